The molecule has 6 nitrogen and oxygen atoms in total. The average Bonchev–Trinajstić information content (AvgIpc) is 2.85. The number of nitrogens with one attached hydrogen (secondary N) is 1. The lowest BCUT2D eigenvalue weighted by Gasteiger charge is -2.37. The normalized spacial score (nSPS) is 20.2. The van der Waals surface area contributed by atoms with E-state index in [2.05, 4.69) is 5.32 Å². The fraction of sp³-hybridized carbons (Fsp3) is 0.500. The molecule has 2 aliphatic rings. The smallest absolute Gasteiger partial charge is 0.321 e. The molecule has 3 rings (SSSR count). The van der Waals surface area contributed by atoms with E-state index in [1.54, 1.807) is 17.0 Å². The van der Waals surface area contributed by atoms with Crippen LogP contribution < -0.4 is 5.32 Å². The van der Waals surface area contributed by atoms with Crippen molar-refractivity contribution in [3.8, 4) is 0 Å². The maximum absolute atomic E-state index is 12.3. The van der Waals surface area contributed by atoms with Gasteiger partial charge >= 0.3 is 6.03 Å². The number of hydrogen-bond acceptors (Lipinski definition) is 3. The zero-order chi connectivity index (χ0) is 16.4. The van der Waals surface area contributed by atoms with Gasteiger partial charge in [0.05, 0.1) is 17.1 Å². The van der Waals surface area contributed by atoms with Gasteiger partial charge in [0.25, 0.3) is 0 Å². The molecule has 0 aliphatic carbocycles. The van der Waals surface area contributed by atoms with Crippen molar-refractivity contribution in [3.63, 3.8) is 0 Å². The second kappa shape index (κ2) is 6.37. The molecule has 0 aromatic heterocycles. The summed E-state index contributed by atoms with van der Waals surface area (Å²) in [5, 5.41) is 4.77. The minimum absolute atomic E-state index is 0.0291. The first-order valence-corrected chi connectivity index (χ1v) is 8.21. The maximum Gasteiger partial charge on any atom is 0.321 e. The predicted molar refractivity (Wildman–Crippen MR) is 87.1 cm³/mol. The van der Waals surface area contributed by atoms with Gasteiger partial charge in [-0.25, -0.2) is 9.86 Å². The minimum Gasteiger partial charge on any atom is -0.324 e. The quantitative estimate of drug-likeness (QED) is 0.902. The second-order valence-electron chi connectivity index (χ2n) is 5.94. The summed E-state index contributed by atoms with van der Waals surface area (Å²) in [6.07, 6.45) is 1.72. The Morgan fingerprint density at radius 1 is 1.35 bits per heavy atom. The summed E-state index contributed by atoms with van der Waals surface area (Å²) in [6, 6.07) is 6.97. The minimum atomic E-state index is -0.436. The number of piperidine rings is 1. The molecule has 0 unspecified atom stereocenters. The highest BCUT2D eigenvalue weighted by Crippen LogP contribution is 2.36. The largest absolute Gasteiger partial charge is 0.324 e. The molecule has 7 heteroatoms. The molecular formula is C16H20ClN3O3. The van der Waals surface area contributed by atoms with Gasteiger partial charge in [-0.15, -0.1) is 0 Å². The third-order valence-electron chi connectivity index (χ3n) is 4.42. The molecule has 1 aromatic carbocycles. The molecule has 0 saturated carbocycles. The van der Waals surface area contributed by atoms with Gasteiger partial charge in [-0.3, -0.25) is 9.63 Å². The van der Waals surface area contributed by atoms with Crippen molar-refractivity contribution in [2.24, 2.45) is 0 Å². The number of carbonyl (C=O) groups excluding carboxylic acids is 2. The maximum atomic E-state index is 12.3. The van der Waals surface area contributed by atoms with E-state index in [1.165, 1.54) is 5.06 Å². The number of anilines is 1. The number of hydroxylamine groups is 2. The van der Waals surface area contributed by atoms with Crippen LogP contribution in [0.1, 0.15) is 26.2 Å². The molecule has 3 amide bonds. The number of halogens is 1. The fourth-order valence-corrected chi connectivity index (χ4v) is 3.25. The van der Waals surface area contributed by atoms with Crippen molar-refractivity contribution in [3.05, 3.63) is 29.3 Å². The van der Waals surface area contributed by atoms with Crippen molar-refractivity contribution in [2.75, 3.05) is 25.0 Å². The Kier molecular flexibility index (Phi) is 4.46. The first kappa shape index (κ1) is 16.1. The average molecular weight is 338 g/mol. The Morgan fingerprint density at radius 2 is 2.04 bits per heavy atom. The van der Waals surface area contributed by atoms with E-state index in [0.29, 0.717) is 49.6 Å². The molecule has 1 N–H and O–H groups in total. The number of likely N-dealkylation sites (tertiary alicyclic amines) is 1. The van der Waals surface area contributed by atoms with Gasteiger partial charge in [0.1, 0.15) is 5.60 Å². The SMILES string of the molecule is CCN1OC2(CCN(C(=O)Nc3ccccc3Cl)CC2)CC1=O. The zero-order valence-corrected chi connectivity index (χ0v) is 13.8. The number of nitrogens with zero attached hydrogens (tertiary/aromatic N) is 2. The number of hydrogen-bond donors (Lipinski definition) is 1. The second-order valence-corrected chi connectivity index (χ2v) is 6.34. The lowest BCUT2D eigenvalue weighted by molar-refractivity contribution is -0.206. The topological polar surface area (TPSA) is 61.9 Å². The molecule has 2 heterocycles. The van der Waals surface area contributed by atoms with Crippen LogP contribution in [0.2, 0.25) is 5.02 Å². The molecule has 2 saturated heterocycles. The van der Waals surface area contributed by atoms with Crippen molar-refractivity contribution in [1.82, 2.24) is 9.96 Å². The molecular weight excluding hydrogens is 318 g/mol. The van der Waals surface area contributed by atoms with Gasteiger partial charge < -0.3 is 10.2 Å². The Bertz CT molecular complexity index is 614. The standard InChI is InChI=1S/C16H20ClN3O3/c1-2-20-14(21)11-16(23-20)7-9-19(10-8-16)15(22)18-13-6-4-3-5-12(13)17/h3-6H,2,7-11H2,1H3,(H,18,22). The van der Waals surface area contributed by atoms with Crippen LogP contribution in [0.25, 0.3) is 0 Å². The Hall–Kier alpha value is -1.79. The Balaban J connectivity index is 1.58. The lowest BCUT2D eigenvalue weighted by Crippen LogP contribution is -2.48. The highest BCUT2D eigenvalue weighted by atomic mass is 35.5. The van der Waals surface area contributed by atoms with Gasteiger partial charge in [-0.05, 0) is 31.9 Å². The Morgan fingerprint density at radius 3 is 2.65 bits per heavy atom. The van der Waals surface area contributed by atoms with Crippen LogP contribution in [0.5, 0.6) is 0 Å². The Labute approximate surface area is 140 Å². The van der Waals surface area contributed by atoms with Crippen molar-refractivity contribution in [2.45, 2.75) is 31.8 Å². The molecule has 2 aliphatic heterocycles. The summed E-state index contributed by atoms with van der Waals surface area (Å²) in [5.74, 6) is 0.0291. The van der Waals surface area contributed by atoms with E-state index in [1.807, 2.05) is 19.1 Å². The van der Waals surface area contributed by atoms with E-state index < -0.39 is 5.60 Å². The summed E-state index contributed by atoms with van der Waals surface area (Å²) in [4.78, 5) is 31.8. The summed E-state index contributed by atoms with van der Waals surface area (Å²) in [7, 11) is 0. The molecule has 1 spiro atoms. The lowest BCUT2D eigenvalue weighted by atomic mass is 9.89. The molecule has 0 radical (unpaired) electrons. The van der Waals surface area contributed by atoms with Crippen molar-refractivity contribution < 1.29 is 14.4 Å². The van der Waals surface area contributed by atoms with E-state index in [9.17, 15) is 9.59 Å². The van der Waals surface area contributed by atoms with E-state index in [-0.39, 0.29) is 11.9 Å². The molecule has 1 aromatic rings. The third-order valence-corrected chi connectivity index (χ3v) is 4.75. The predicted octanol–water partition coefficient (Wildman–Crippen LogP) is 2.89. The van der Waals surface area contributed by atoms with Gasteiger partial charge in [0.2, 0.25) is 5.91 Å². The van der Waals surface area contributed by atoms with E-state index >= 15 is 0 Å². The van der Waals surface area contributed by atoms with E-state index in [0.717, 1.165) is 0 Å². The van der Waals surface area contributed by atoms with Crippen LogP contribution in [0.4, 0.5) is 10.5 Å². The van der Waals surface area contributed by atoms with Crippen LogP contribution in [-0.2, 0) is 9.63 Å². The zero-order valence-electron chi connectivity index (χ0n) is 13.0. The van der Waals surface area contributed by atoms with E-state index in [4.69, 9.17) is 16.4 Å². The fourth-order valence-electron chi connectivity index (χ4n) is 3.06. The van der Waals surface area contributed by atoms with Crippen molar-refractivity contribution in [1.29, 1.82) is 0 Å². The summed E-state index contributed by atoms with van der Waals surface area (Å²) >= 11 is 6.06. The van der Waals surface area contributed by atoms with Crippen LogP contribution >= 0.6 is 11.6 Å². The first-order chi connectivity index (χ1) is 11.0. The summed E-state index contributed by atoms with van der Waals surface area (Å²) in [5.41, 5.74) is 0.165. The van der Waals surface area contributed by atoms with Crippen LogP contribution in [0.15, 0.2) is 24.3 Å². The summed E-state index contributed by atoms with van der Waals surface area (Å²) < 4.78 is 0. The monoisotopic (exact) mass is 337 g/mol. The van der Waals surface area contributed by atoms with Gasteiger partial charge in [0, 0.05) is 19.6 Å². The van der Waals surface area contributed by atoms with Crippen LogP contribution in [-0.4, -0.2) is 47.1 Å². The number of amides is 3. The number of para-hydroxylation sites is 1. The summed E-state index contributed by atoms with van der Waals surface area (Å²) in [6.45, 7) is 3.56. The highest BCUT2D eigenvalue weighted by molar-refractivity contribution is 6.33. The third kappa shape index (κ3) is 3.28. The molecule has 2 fully saturated rings. The number of rotatable bonds is 2. The molecule has 0 atom stereocenters. The number of carbonyl (C=O) groups is 2. The highest BCUT2D eigenvalue weighted by Gasteiger charge is 2.46. The van der Waals surface area contributed by atoms with Crippen molar-refractivity contribution >= 4 is 29.2 Å². The number of urea groups is 1. The molecule has 23 heavy (non-hydrogen) atoms. The number of benzene rings is 1. The van der Waals surface area contributed by atoms with Crippen LogP contribution in [0, 0.1) is 0 Å². The van der Waals surface area contributed by atoms with Gasteiger partial charge in [-0.2, -0.15) is 0 Å². The van der Waals surface area contributed by atoms with Gasteiger partial charge in [-0.1, -0.05) is 23.7 Å². The van der Waals surface area contributed by atoms with Crippen LogP contribution in [0.3, 0.4) is 0 Å². The molecule has 124 valence electrons. The van der Waals surface area contributed by atoms with Gasteiger partial charge in [0.15, 0.2) is 0 Å². The first-order valence-electron chi connectivity index (χ1n) is 7.83. The molecule has 0 bridgehead atoms.